The van der Waals surface area contributed by atoms with Crippen molar-refractivity contribution in [2.75, 3.05) is 5.32 Å². The summed E-state index contributed by atoms with van der Waals surface area (Å²) in [6.07, 6.45) is 0. The number of benzene rings is 3. The van der Waals surface area contributed by atoms with Crippen LogP contribution in [0.25, 0.3) is 16.6 Å². The van der Waals surface area contributed by atoms with E-state index in [-0.39, 0.29) is 28.7 Å². The normalized spacial score (nSPS) is 11.4. The van der Waals surface area contributed by atoms with E-state index in [1.807, 2.05) is 6.07 Å². The van der Waals surface area contributed by atoms with E-state index in [0.29, 0.717) is 22.3 Å². The van der Waals surface area contributed by atoms with Crippen molar-refractivity contribution in [3.63, 3.8) is 0 Å². The standard InChI is InChI=1S/C23H20N4O4S/c1-16(28)25-17-11-13-19(14-12-17)32(30,31)24-15-22-26-21-10-6-5-9-20(21)23(29)27(22)18-7-3-2-4-8-18/h2-14,24H,15H2,1H3,(H,25,28). The van der Waals surface area contributed by atoms with Crippen molar-refractivity contribution >= 4 is 32.5 Å². The van der Waals surface area contributed by atoms with Crippen LogP contribution < -0.4 is 15.6 Å². The summed E-state index contributed by atoms with van der Waals surface area (Å²) in [5, 5.41) is 3.03. The van der Waals surface area contributed by atoms with E-state index in [2.05, 4.69) is 15.0 Å². The summed E-state index contributed by atoms with van der Waals surface area (Å²) in [6.45, 7) is 1.18. The number of aromatic nitrogens is 2. The van der Waals surface area contributed by atoms with Gasteiger partial charge in [0.25, 0.3) is 5.56 Å². The van der Waals surface area contributed by atoms with Crippen LogP contribution in [-0.2, 0) is 21.4 Å². The molecule has 4 rings (SSSR count). The molecule has 8 nitrogen and oxygen atoms in total. The second-order valence-corrected chi connectivity index (χ2v) is 8.82. The van der Waals surface area contributed by atoms with Crippen LogP contribution in [0.3, 0.4) is 0 Å². The van der Waals surface area contributed by atoms with Gasteiger partial charge in [-0.1, -0.05) is 30.3 Å². The fourth-order valence-corrected chi connectivity index (χ4v) is 4.28. The number of anilines is 1. The van der Waals surface area contributed by atoms with Crippen molar-refractivity contribution in [2.24, 2.45) is 0 Å². The molecule has 2 N–H and O–H groups in total. The molecule has 0 atom stereocenters. The van der Waals surface area contributed by atoms with E-state index in [9.17, 15) is 18.0 Å². The Kier molecular flexibility index (Phi) is 5.85. The summed E-state index contributed by atoms with van der Waals surface area (Å²) in [5.41, 5.74) is 1.28. The topological polar surface area (TPSA) is 110 Å². The minimum atomic E-state index is -3.89. The van der Waals surface area contributed by atoms with Gasteiger partial charge in [-0.2, -0.15) is 0 Å². The number of hydrogen-bond acceptors (Lipinski definition) is 5. The molecule has 0 aliphatic heterocycles. The molecular formula is C23H20N4O4S. The van der Waals surface area contributed by atoms with Crippen molar-refractivity contribution < 1.29 is 13.2 Å². The maximum Gasteiger partial charge on any atom is 0.266 e. The predicted molar refractivity (Wildman–Crippen MR) is 122 cm³/mol. The summed E-state index contributed by atoms with van der Waals surface area (Å²) in [4.78, 5) is 28.9. The average molecular weight is 449 g/mol. The highest BCUT2D eigenvalue weighted by Crippen LogP contribution is 2.16. The highest BCUT2D eigenvalue weighted by atomic mass is 32.2. The highest BCUT2D eigenvalue weighted by molar-refractivity contribution is 7.89. The average Bonchev–Trinajstić information content (AvgIpc) is 2.78. The molecule has 0 bridgehead atoms. The number of carbonyl (C=O) groups excluding carboxylic acids is 1. The van der Waals surface area contributed by atoms with Crippen LogP contribution >= 0.6 is 0 Å². The van der Waals surface area contributed by atoms with Crippen molar-refractivity contribution in [1.82, 2.24) is 14.3 Å². The number of nitrogens with one attached hydrogen (secondary N) is 2. The van der Waals surface area contributed by atoms with Gasteiger partial charge in [-0.05, 0) is 48.5 Å². The SMILES string of the molecule is CC(=O)Nc1ccc(S(=O)(=O)NCc2nc3ccccc3c(=O)n2-c2ccccc2)cc1. The van der Waals surface area contributed by atoms with Gasteiger partial charge in [0, 0.05) is 12.6 Å². The summed E-state index contributed by atoms with van der Waals surface area (Å²) in [6, 6.07) is 21.7. The Balaban J connectivity index is 1.69. The lowest BCUT2D eigenvalue weighted by atomic mass is 10.2. The Morgan fingerprint density at radius 3 is 2.28 bits per heavy atom. The van der Waals surface area contributed by atoms with Crippen LogP contribution in [0.4, 0.5) is 5.69 Å². The number of carbonyl (C=O) groups is 1. The van der Waals surface area contributed by atoms with Gasteiger partial charge < -0.3 is 5.32 Å². The Hall–Kier alpha value is -3.82. The molecule has 32 heavy (non-hydrogen) atoms. The van der Waals surface area contributed by atoms with Crippen LogP contribution in [0.5, 0.6) is 0 Å². The van der Waals surface area contributed by atoms with Gasteiger partial charge in [-0.3, -0.25) is 14.2 Å². The van der Waals surface area contributed by atoms with Gasteiger partial charge in [0.05, 0.1) is 28.0 Å². The molecule has 1 amide bonds. The van der Waals surface area contributed by atoms with Gasteiger partial charge in [0.15, 0.2) is 0 Å². The van der Waals surface area contributed by atoms with E-state index >= 15 is 0 Å². The monoisotopic (exact) mass is 448 g/mol. The van der Waals surface area contributed by atoms with Gasteiger partial charge in [0.2, 0.25) is 15.9 Å². The smallest absolute Gasteiger partial charge is 0.266 e. The maximum absolute atomic E-state index is 13.2. The lowest BCUT2D eigenvalue weighted by Crippen LogP contribution is -2.30. The van der Waals surface area contributed by atoms with E-state index in [1.165, 1.54) is 35.8 Å². The third kappa shape index (κ3) is 4.43. The van der Waals surface area contributed by atoms with Crippen LogP contribution in [0, 0.1) is 0 Å². The molecule has 4 aromatic rings. The van der Waals surface area contributed by atoms with Gasteiger partial charge in [0.1, 0.15) is 5.82 Å². The van der Waals surface area contributed by atoms with Crippen LogP contribution in [0.1, 0.15) is 12.7 Å². The zero-order valence-electron chi connectivity index (χ0n) is 17.1. The number of amides is 1. The summed E-state index contributed by atoms with van der Waals surface area (Å²) < 4.78 is 29.6. The second kappa shape index (κ2) is 8.74. The van der Waals surface area contributed by atoms with Crippen LogP contribution in [0.2, 0.25) is 0 Å². The van der Waals surface area contributed by atoms with E-state index in [1.54, 1.807) is 48.5 Å². The molecule has 0 fully saturated rings. The fourth-order valence-electron chi connectivity index (χ4n) is 3.30. The molecule has 0 saturated heterocycles. The molecule has 0 saturated carbocycles. The minimum absolute atomic E-state index is 0.0287. The molecule has 0 aliphatic carbocycles. The Bertz CT molecular complexity index is 1450. The van der Waals surface area contributed by atoms with Crippen LogP contribution in [-0.4, -0.2) is 23.9 Å². The van der Waals surface area contributed by atoms with E-state index < -0.39 is 10.0 Å². The van der Waals surface area contributed by atoms with Gasteiger partial charge >= 0.3 is 0 Å². The Morgan fingerprint density at radius 2 is 1.59 bits per heavy atom. The quantitative estimate of drug-likeness (QED) is 0.471. The first-order valence-electron chi connectivity index (χ1n) is 9.78. The minimum Gasteiger partial charge on any atom is -0.326 e. The molecule has 0 aliphatic rings. The molecule has 3 aromatic carbocycles. The van der Waals surface area contributed by atoms with Gasteiger partial charge in [-0.15, -0.1) is 0 Å². The molecule has 162 valence electrons. The number of rotatable bonds is 6. The lowest BCUT2D eigenvalue weighted by Gasteiger charge is -2.14. The Labute approximate surface area is 184 Å². The largest absolute Gasteiger partial charge is 0.326 e. The first kappa shape index (κ1) is 21.4. The second-order valence-electron chi connectivity index (χ2n) is 7.05. The Morgan fingerprint density at radius 1 is 0.938 bits per heavy atom. The zero-order chi connectivity index (χ0) is 22.7. The molecule has 9 heteroatoms. The molecule has 0 radical (unpaired) electrons. The summed E-state index contributed by atoms with van der Waals surface area (Å²) in [5.74, 6) is 0.0123. The highest BCUT2D eigenvalue weighted by Gasteiger charge is 2.18. The molecule has 1 aromatic heterocycles. The predicted octanol–water partition coefficient (Wildman–Crippen LogP) is 2.82. The first-order valence-corrected chi connectivity index (χ1v) is 11.3. The molecule has 0 unspecified atom stereocenters. The molecule has 1 heterocycles. The first-order chi connectivity index (χ1) is 15.3. The number of fused-ring (bicyclic) bond motifs is 1. The lowest BCUT2D eigenvalue weighted by molar-refractivity contribution is -0.114. The van der Waals surface area contributed by atoms with Crippen LogP contribution in [0.15, 0.2) is 88.6 Å². The molecule has 0 spiro atoms. The summed E-state index contributed by atoms with van der Waals surface area (Å²) >= 11 is 0. The summed E-state index contributed by atoms with van der Waals surface area (Å²) in [7, 11) is -3.89. The van der Waals surface area contributed by atoms with Crippen molar-refractivity contribution in [3.8, 4) is 5.69 Å². The number of nitrogens with zero attached hydrogens (tertiary/aromatic N) is 2. The zero-order valence-corrected chi connectivity index (χ0v) is 18.0. The number of hydrogen-bond donors (Lipinski definition) is 2. The third-order valence-electron chi connectivity index (χ3n) is 4.76. The third-order valence-corrected chi connectivity index (χ3v) is 6.18. The van der Waals surface area contributed by atoms with E-state index in [4.69, 9.17) is 0 Å². The fraction of sp³-hybridized carbons (Fsp3) is 0.0870. The number of para-hydroxylation sites is 2. The number of sulfonamides is 1. The van der Waals surface area contributed by atoms with Crippen molar-refractivity contribution in [2.45, 2.75) is 18.4 Å². The van der Waals surface area contributed by atoms with Crippen molar-refractivity contribution in [1.29, 1.82) is 0 Å². The van der Waals surface area contributed by atoms with E-state index in [0.717, 1.165) is 0 Å². The maximum atomic E-state index is 13.2. The van der Waals surface area contributed by atoms with Gasteiger partial charge in [-0.25, -0.2) is 18.1 Å². The van der Waals surface area contributed by atoms with Crippen molar-refractivity contribution in [3.05, 3.63) is 95.0 Å². The molecular weight excluding hydrogens is 428 g/mol.